The lowest BCUT2D eigenvalue weighted by Gasteiger charge is -2.47. The fraction of sp³-hybridized carbons (Fsp3) is 0.462. The Kier molecular flexibility index (Phi) is 4.86. The second-order valence-electron chi connectivity index (χ2n) is 9.54. The highest BCUT2D eigenvalue weighted by molar-refractivity contribution is 5.82. The van der Waals surface area contributed by atoms with Gasteiger partial charge in [-0.1, -0.05) is 36.4 Å². The van der Waals surface area contributed by atoms with E-state index in [-0.39, 0.29) is 24.3 Å². The van der Waals surface area contributed by atoms with Crippen LogP contribution in [0, 0.1) is 0 Å². The Bertz CT molecular complexity index is 1070. The molecule has 2 saturated heterocycles. The van der Waals surface area contributed by atoms with Crippen molar-refractivity contribution in [2.45, 2.75) is 61.9 Å². The summed E-state index contributed by atoms with van der Waals surface area (Å²) >= 11 is 0. The molecule has 0 amide bonds. The summed E-state index contributed by atoms with van der Waals surface area (Å²) in [6.07, 6.45) is 0.726. The summed E-state index contributed by atoms with van der Waals surface area (Å²) in [6, 6.07) is 15.7. The molecule has 6 atom stereocenters. The monoisotopic (exact) mass is 462 g/mol. The van der Waals surface area contributed by atoms with Gasteiger partial charge in [-0.3, -0.25) is 20.2 Å². The van der Waals surface area contributed by atoms with Gasteiger partial charge in [0.05, 0.1) is 25.5 Å². The number of para-hydroxylation sites is 2. The highest BCUT2D eigenvalue weighted by Gasteiger charge is 2.72. The molecule has 4 N–H and O–H groups in total. The van der Waals surface area contributed by atoms with Gasteiger partial charge >= 0.3 is 11.9 Å². The lowest BCUT2D eigenvalue weighted by Crippen LogP contribution is -2.59. The van der Waals surface area contributed by atoms with E-state index in [2.05, 4.69) is 45.5 Å². The number of hydrogen-bond acceptors (Lipinski definition) is 8. The molecule has 2 aromatic carbocycles. The third kappa shape index (κ3) is 2.66. The van der Waals surface area contributed by atoms with Crippen molar-refractivity contribution in [2.24, 2.45) is 0 Å². The van der Waals surface area contributed by atoms with Crippen molar-refractivity contribution in [2.75, 3.05) is 23.8 Å². The van der Waals surface area contributed by atoms with Crippen molar-refractivity contribution in [3.05, 3.63) is 59.7 Å². The van der Waals surface area contributed by atoms with Crippen LogP contribution in [0.3, 0.4) is 0 Å². The van der Waals surface area contributed by atoms with Crippen molar-refractivity contribution in [3.8, 4) is 0 Å². The number of fused-ring (bicyclic) bond motifs is 7. The van der Waals surface area contributed by atoms with E-state index in [9.17, 15) is 9.59 Å². The molecule has 2 aromatic rings. The Hall–Kier alpha value is -3.10. The summed E-state index contributed by atoms with van der Waals surface area (Å²) in [5.74, 6) is -0.480. The first-order chi connectivity index (χ1) is 16.5. The SMILES string of the molecule is CCOC(=O)[C@@H]1CC2(C34C[C@@H](C(=O)OCC)N[C@@H]3Nc3ccccc34)c3ccccc3N[C@H]2N1. The first-order valence-electron chi connectivity index (χ1n) is 12.1. The zero-order chi connectivity index (χ0) is 23.5. The van der Waals surface area contributed by atoms with Gasteiger partial charge in [0.25, 0.3) is 0 Å². The van der Waals surface area contributed by atoms with E-state index in [1.807, 2.05) is 38.1 Å². The summed E-state index contributed by atoms with van der Waals surface area (Å²) in [4.78, 5) is 25.8. The molecule has 34 heavy (non-hydrogen) atoms. The van der Waals surface area contributed by atoms with Crippen LogP contribution in [0.1, 0.15) is 37.8 Å². The standard InChI is InChI=1S/C26H30N4O4/c1-3-33-21(31)19-13-25(15-9-5-7-11-17(15)27-23(25)29-19)26-14-20(22(32)34-4-2)30-24(26)28-18-12-8-6-10-16(18)26/h5-12,19-20,23-24,27-30H,3-4,13-14H2,1-2H3/t19-,20-,23-,24-,25?,26?/m0/s1. The third-order valence-corrected chi connectivity index (χ3v) is 8.13. The summed E-state index contributed by atoms with van der Waals surface area (Å²) in [6.45, 7) is 4.33. The predicted molar refractivity (Wildman–Crippen MR) is 127 cm³/mol. The largest absolute Gasteiger partial charge is 0.465 e. The number of ether oxygens (including phenoxy) is 2. The van der Waals surface area contributed by atoms with Gasteiger partial charge in [-0.05, 0) is 49.9 Å². The van der Waals surface area contributed by atoms with Crippen LogP contribution in [-0.4, -0.2) is 49.6 Å². The minimum absolute atomic E-state index is 0.197. The normalized spacial score (nSPS) is 34.3. The van der Waals surface area contributed by atoms with Gasteiger partial charge < -0.3 is 20.1 Å². The molecule has 8 nitrogen and oxygen atoms in total. The number of carbonyl (C=O) groups is 2. The Morgan fingerprint density at radius 1 is 0.765 bits per heavy atom. The molecule has 178 valence electrons. The predicted octanol–water partition coefficient (Wildman–Crippen LogP) is 2.22. The average Bonchev–Trinajstić information content (AvgIpc) is 3.54. The summed E-state index contributed by atoms with van der Waals surface area (Å²) < 4.78 is 10.8. The zero-order valence-corrected chi connectivity index (χ0v) is 19.4. The van der Waals surface area contributed by atoms with E-state index in [1.165, 1.54) is 0 Å². The minimum atomic E-state index is -0.500. The Labute approximate surface area is 198 Å². The van der Waals surface area contributed by atoms with Gasteiger partial charge in [0, 0.05) is 22.2 Å². The van der Waals surface area contributed by atoms with Gasteiger partial charge in [-0.15, -0.1) is 0 Å². The Morgan fingerprint density at radius 3 is 1.59 bits per heavy atom. The molecular weight excluding hydrogens is 432 g/mol. The average molecular weight is 463 g/mol. The van der Waals surface area contributed by atoms with E-state index >= 15 is 0 Å². The van der Waals surface area contributed by atoms with Gasteiger partial charge in [-0.2, -0.15) is 0 Å². The molecule has 4 aliphatic heterocycles. The number of nitrogens with one attached hydrogen (secondary N) is 4. The maximum atomic E-state index is 12.9. The van der Waals surface area contributed by atoms with Crippen molar-refractivity contribution in [1.82, 2.24) is 10.6 Å². The molecular formula is C26H30N4O4. The zero-order valence-electron chi connectivity index (χ0n) is 19.4. The van der Waals surface area contributed by atoms with Crippen LogP contribution in [0.4, 0.5) is 11.4 Å². The molecule has 0 radical (unpaired) electrons. The molecule has 0 bridgehead atoms. The lowest BCUT2D eigenvalue weighted by atomic mass is 9.54. The number of esters is 2. The third-order valence-electron chi connectivity index (χ3n) is 8.13. The number of anilines is 2. The fourth-order valence-electron chi connectivity index (χ4n) is 7.00. The van der Waals surface area contributed by atoms with Gasteiger partial charge in [0.1, 0.15) is 12.1 Å². The Morgan fingerprint density at radius 2 is 1.18 bits per heavy atom. The van der Waals surface area contributed by atoms with E-state index < -0.39 is 22.9 Å². The minimum Gasteiger partial charge on any atom is -0.465 e. The van der Waals surface area contributed by atoms with Crippen LogP contribution in [0.5, 0.6) is 0 Å². The first-order valence-corrected chi connectivity index (χ1v) is 12.1. The molecule has 4 heterocycles. The number of benzene rings is 2. The van der Waals surface area contributed by atoms with Crippen LogP contribution in [-0.2, 0) is 29.9 Å². The summed E-state index contributed by atoms with van der Waals surface area (Å²) in [7, 11) is 0. The highest BCUT2D eigenvalue weighted by Crippen LogP contribution is 2.65. The van der Waals surface area contributed by atoms with Gasteiger partial charge in [0.15, 0.2) is 0 Å². The van der Waals surface area contributed by atoms with E-state index in [4.69, 9.17) is 9.47 Å². The van der Waals surface area contributed by atoms with Crippen molar-refractivity contribution in [3.63, 3.8) is 0 Å². The maximum Gasteiger partial charge on any atom is 0.323 e. The van der Waals surface area contributed by atoms with Crippen LogP contribution >= 0.6 is 0 Å². The molecule has 0 spiro atoms. The van der Waals surface area contributed by atoms with Crippen LogP contribution < -0.4 is 21.3 Å². The Balaban J connectivity index is 1.55. The van der Waals surface area contributed by atoms with Crippen molar-refractivity contribution in [1.29, 1.82) is 0 Å². The van der Waals surface area contributed by atoms with Crippen molar-refractivity contribution >= 4 is 23.3 Å². The molecule has 0 aromatic heterocycles. The first kappa shape index (κ1) is 21.4. The van der Waals surface area contributed by atoms with Crippen molar-refractivity contribution < 1.29 is 19.1 Å². The molecule has 2 fully saturated rings. The number of carbonyl (C=O) groups excluding carboxylic acids is 2. The quantitative estimate of drug-likeness (QED) is 0.502. The second-order valence-corrected chi connectivity index (χ2v) is 9.54. The summed E-state index contributed by atoms with van der Waals surface area (Å²) in [5, 5.41) is 14.4. The molecule has 8 heteroatoms. The molecule has 6 rings (SSSR count). The van der Waals surface area contributed by atoms with E-state index in [0.29, 0.717) is 26.1 Å². The highest BCUT2D eigenvalue weighted by atomic mass is 16.5. The number of hydrogen-bond donors (Lipinski definition) is 4. The lowest BCUT2D eigenvalue weighted by molar-refractivity contribution is -0.146. The molecule has 0 aliphatic carbocycles. The van der Waals surface area contributed by atoms with Gasteiger partial charge in [0.2, 0.25) is 0 Å². The van der Waals surface area contributed by atoms with E-state index in [0.717, 1.165) is 22.5 Å². The van der Waals surface area contributed by atoms with Gasteiger partial charge in [-0.25, -0.2) is 0 Å². The fourth-order valence-corrected chi connectivity index (χ4v) is 7.00. The summed E-state index contributed by atoms with van der Waals surface area (Å²) in [5.41, 5.74) is 3.43. The molecule has 4 aliphatic rings. The smallest absolute Gasteiger partial charge is 0.323 e. The van der Waals surface area contributed by atoms with Crippen LogP contribution in [0.2, 0.25) is 0 Å². The van der Waals surface area contributed by atoms with E-state index in [1.54, 1.807) is 0 Å². The topological polar surface area (TPSA) is 101 Å². The molecule has 2 unspecified atom stereocenters. The van der Waals surface area contributed by atoms with Crippen LogP contribution in [0.25, 0.3) is 0 Å². The van der Waals surface area contributed by atoms with Crippen LogP contribution in [0.15, 0.2) is 48.5 Å². The molecule has 0 saturated carbocycles. The second kappa shape index (κ2) is 7.71. The number of rotatable bonds is 5. The maximum absolute atomic E-state index is 12.9.